The minimum Gasteiger partial charge on any atom is -0.330 e. The highest BCUT2D eigenvalue weighted by atomic mass is 15.3. The lowest BCUT2D eigenvalue weighted by Crippen LogP contribution is -2.57. The van der Waals surface area contributed by atoms with Crippen LogP contribution in [0.15, 0.2) is 0 Å². The molecule has 2 aliphatic rings. The number of hydrogen-bond donors (Lipinski definition) is 1. The molecule has 0 aromatic heterocycles. The first kappa shape index (κ1) is 15.3. The molecular formula is C16H33N3. The summed E-state index contributed by atoms with van der Waals surface area (Å²) in [5.74, 6) is 0.740. The molecule has 1 saturated heterocycles. The zero-order chi connectivity index (χ0) is 13.9. The SMILES string of the molecule is CC(C)(C)N1CCN(C2CCCCCC2CN)CC1. The van der Waals surface area contributed by atoms with Crippen LogP contribution in [0.25, 0.3) is 0 Å². The van der Waals surface area contributed by atoms with Crippen molar-refractivity contribution in [3.05, 3.63) is 0 Å². The highest BCUT2D eigenvalue weighted by Crippen LogP contribution is 2.28. The van der Waals surface area contributed by atoms with Crippen molar-refractivity contribution in [3.8, 4) is 0 Å². The molecule has 19 heavy (non-hydrogen) atoms. The van der Waals surface area contributed by atoms with Gasteiger partial charge in [0.05, 0.1) is 0 Å². The van der Waals surface area contributed by atoms with Gasteiger partial charge in [-0.1, -0.05) is 19.3 Å². The average Bonchev–Trinajstić information content (AvgIpc) is 2.62. The standard InChI is InChI=1S/C16H33N3/c1-16(2,3)19-11-9-18(10-12-19)15-8-6-4-5-7-14(15)13-17/h14-15H,4-13,17H2,1-3H3. The van der Waals surface area contributed by atoms with Gasteiger partial charge >= 0.3 is 0 Å². The molecule has 1 heterocycles. The first-order valence-electron chi connectivity index (χ1n) is 8.21. The summed E-state index contributed by atoms with van der Waals surface area (Å²) in [5.41, 5.74) is 6.35. The molecule has 112 valence electrons. The summed E-state index contributed by atoms with van der Waals surface area (Å²) in [6.07, 6.45) is 6.92. The highest BCUT2D eigenvalue weighted by molar-refractivity contribution is 4.88. The van der Waals surface area contributed by atoms with Gasteiger partial charge in [-0.15, -0.1) is 0 Å². The lowest BCUT2D eigenvalue weighted by Gasteiger charge is -2.46. The normalized spacial score (nSPS) is 32.2. The van der Waals surface area contributed by atoms with Crippen molar-refractivity contribution >= 4 is 0 Å². The van der Waals surface area contributed by atoms with Crippen LogP contribution in [0.3, 0.4) is 0 Å². The largest absolute Gasteiger partial charge is 0.330 e. The van der Waals surface area contributed by atoms with Gasteiger partial charge in [-0.05, 0) is 46.1 Å². The third kappa shape index (κ3) is 3.93. The van der Waals surface area contributed by atoms with E-state index >= 15 is 0 Å². The fraction of sp³-hybridized carbons (Fsp3) is 1.00. The predicted octanol–water partition coefficient (Wildman–Crippen LogP) is 2.31. The Morgan fingerprint density at radius 1 is 0.947 bits per heavy atom. The van der Waals surface area contributed by atoms with E-state index in [4.69, 9.17) is 5.73 Å². The second kappa shape index (κ2) is 6.55. The Hall–Kier alpha value is -0.120. The third-order valence-electron chi connectivity index (χ3n) is 5.15. The second-order valence-electron chi connectivity index (χ2n) is 7.39. The summed E-state index contributed by atoms with van der Waals surface area (Å²) in [5, 5.41) is 0. The maximum absolute atomic E-state index is 6.03. The van der Waals surface area contributed by atoms with E-state index in [2.05, 4.69) is 30.6 Å². The monoisotopic (exact) mass is 267 g/mol. The molecule has 0 radical (unpaired) electrons. The van der Waals surface area contributed by atoms with Crippen LogP contribution in [0, 0.1) is 5.92 Å². The smallest absolute Gasteiger partial charge is 0.0137 e. The maximum atomic E-state index is 6.03. The van der Waals surface area contributed by atoms with Crippen LogP contribution in [-0.4, -0.2) is 54.1 Å². The summed E-state index contributed by atoms with van der Waals surface area (Å²) in [4.78, 5) is 5.36. The maximum Gasteiger partial charge on any atom is 0.0137 e. The Kier molecular flexibility index (Phi) is 5.27. The summed E-state index contributed by atoms with van der Waals surface area (Å²) in [7, 11) is 0. The first-order valence-corrected chi connectivity index (χ1v) is 8.21. The lowest BCUT2D eigenvalue weighted by atomic mass is 9.92. The molecule has 2 unspecified atom stereocenters. The predicted molar refractivity (Wildman–Crippen MR) is 82.3 cm³/mol. The zero-order valence-corrected chi connectivity index (χ0v) is 13.2. The van der Waals surface area contributed by atoms with Gasteiger partial charge in [0.1, 0.15) is 0 Å². The minimum atomic E-state index is 0.322. The van der Waals surface area contributed by atoms with E-state index in [-0.39, 0.29) is 0 Å². The zero-order valence-electron chi connectivity index (χ0n) is 13.2. The quantitative estimate of drug-likeness (QED) is 0.779. The Balaban J connectivity index is 1.91. The van der Waals surface area contributed by atoms with Crippen molar-refractivity contribution in [3.63, 3.8) is 0 Å². The van der Waals surface area contributed by atoms with Crippen molar-refractivity contribution in [1.29, 1.82) is 0 Å². The van der Waals surface area contributed by atoms with Gasteiger partial charge < -0.3 is 5.73 Å². The van der Waals surface area contributed by atoms with Crippen LogP contribution < -0.4 is 5.73 Å². The molecule has 0 amide bonds. The van der Waals surface area contributed by atoms with Crippen LogP contribution in [0.5, 0.6) is 0 Å². The Bertz CT molecular complexity index is 264. The van der Waals surface area contributed by atoms with Crippen LogP contribution in [0.2, 0.25) is 0 Å². The van der Waals surface area contributed by atoms with Gasteiger partial charge in [0.25, 0.3) is 0 Å². The van der Waals surface area contributed by atoms with Gasteiger partial charge in [-0.2, -0.15) is 0 Å². The van der Waals surface area contributed by atoms with Gasteiger partial charge in [-0.3, -0.25) is 9.80 Å². The number of piperazine rings is 1. The molecular weight excluding hydrogens is 234 g/mol. The molecule has 3 nitrogen and oxygen atoms in total. The van der Waals surface area contributed by atoms with Crippen LogP contribution in [0.1, 0.15) is 52.9 Å². The molecule has 0 aromatic rings. The highest BCUT2D eigenvalue weighted by Gasteiger charge is 2.32. The molecule has 2 N–H and O–H groups in total. The summed E-state index contributed by atoms with van der Waals surface area (Å²) < 4.78 is 0. The van der Waals surface area contributed by atoms with Gasteiger partial charge in [-0.25, -0.2) is 0 Å². The van der Waals surface area contributed by atoms with Crippen LogP contribution in [0.4, 0.5) is 0 Å². The molecule has 3 heteroatoms. The van der Waals surface area contributed by atoms with Crippen molar-refractivity contribution in [2.45, 2.75) is 64.5 Å². The molecule has 1 aliphatic heterocycles. The van der Waals surface area contributed by atoms with Crippen molar-refractivity contribution < 1.29 is 0 Å². The summed E-state index contributed by atoms with van der Waals surface area (Å²) in [6.45, 7) is 12.8. The minimum absolute atomic E-state index is 0.322. The number of nitrogens with two attached hydrogens (primary N) is 1. The van der Waals surface area contributed by atoms with E-state index in [9.17, 15) is 0 Å². The molecule has 0 spiro atoms. The van der Waals surface area contributed by atoms with Crippen molar-refractivity contribution in [2.24, 2.45) is 11.7 Å². The number of rotatable bonds is 2. The molecule has 0 bridgehead atoms. The van der Waals surface area contributed by atoms with Gasteiger partial charge in [0.15, 0.2) is 0 Å². The van der Waals surface area contributed by atoms with E-state index in [1.54, 1.807) is 0 Å². The van der Waals surface area contributed by atoms with E-state index in [0.29, 0.717) is 5.54 Å². The van der Waals surface area contributed by atoms with E-state index in [0.717, 1.165) is 18.5 Å². The van der Waals surface area contributed by atoms with E-state index in [1.165, 1.54) is 58.3 Å². The van der Waals surface area contributed by atoms with Crippen molar-refractivity contribution in [1.82, 2.24) is 9.80 Å². The Morgan fingerprint density at radius 2 is 1.58 bits per heavy atom. The molecule has 1 saturated carbocycles. The van der Waals surface area contributed by atoms with Crippen molar-refractivity contribution in [2.75, 3.05) is 32.7 Å². The van der Waals surface area contributed by atoms with E-state index in [1.807, 2.05) is 0 Å². The Labute approximate surface area is 119 Å². The molecule has 2 fully saturated rings. The molecule has 0 aromatic carbocycles. The van der Waals surface area contributed by atoms with Crippen LogP contribution >= 0.6 is 0 Å². The fourth-order valence-corrected chi connectivity index (χ4v) is 3.84. The average molecular weight is 267 g/mol. The lowest BCUT2D eigenvalue weighted by molar-refractivity contribution is 0.0260. The van der Waals surface area contributed by atoms with Crippen LogP contribution in [-0.2, 0) is 0 Å². The second-order valence-corrected chi connectivity index (χ2v) is 7.39. The molecule has 1 aliphatic carbocycles. The number of hydrogen-bond acceptors (Lipinski definition) is 3. The van der Waals surface area contributed by atoms with E-state index < -0.39 is 0 Å². The Morgan fingerprint density at radius 3 is 2.16 bits per heavy atom. The first-order chi connectivity index (χ1) is 9.02. The fourth-order valence-electron chi connectivity index (χ4n) is 3.84. The topological polar surface area (TPSA) is 32.5 Å². The molecule has 2 atom stereocenters. The molecule has 2 rings (SSSR count). The van der Waals surface area contributed by atoms with Gasteiger partial charge in [0.2, 0.25) is 0 Å². The summed E-state index contributed by atoms with van der Waals surface area (Å²) in [6, 6.07) is 0.759. The summed E-state index contributed by atoms with van der Waals surface area (Å²) >= 11 is 0. The van der Waals surface area contributed by atoms with Gasteiger partial charge in [0, 0.05) is 37.8 Å². The third-order valence-corrected chi connectivity index (χ3v) is 5.15. The number of nitrogens with zero attached hydrogens (tertiary/aromatic N) is 2.